The number of hydrogen-bond acceptors (Lipinski definition) is 2. The van der Waals surface area contributed by atoms with Gasteiger partial charge in [0, 0.05) is 12.1 Å². The molecule has 0 fully saturated rings. The number of pyridine rings is 1. The quantitative estimate of drug-likeness (QED) is 0.416. The van der Waals surface area contributed by atoms with E-state index in [-0.39, 0.29) is 24.9 Å². The average molecular weight is 290 g/mol. The van der Waals surface area contributed by atoms with Crippen molar-refractivity contribution in [3.63, 3.8) is 0 Å². The fraction of sp³-hybridized carbons (Fsp3) is 0.133. The zero-order valence-electron chi connectivity index (χ0n) is 11.2. The molecule has 2 aromatic rings. The van der Waals surface area contributed by atoms with Gasteiger partial charge in [0.25, 0.3) is 0 Å². The number of rotatable bonds is 4. The van der Waals surface area contributed by atoms with Crippen LogP contribution in [0, 0.1) is 0 Å². The number of carbonyl (C=O) groups is 1. The lowest BCUT2D eigenvalue weighted by molar-refractivity contribution is -0.684. The van der Waals surface area contributed by atoms with Crippen molar-refractivity contribution in [1.29, 1.82) is 0 Å². The van der Waals surface area contributed by atoms with Gasteiger partial charge in [0.1, 0.15) is 0 Å². The maximum absolute atomic E-state index is 11.7. The monoisotopic (exact) mass is 289 g/mol. The molecule has 0 saturated heterocycles. The van der Waals surface area contributed by atoms with E-state index in [1.807, 2.05) is 67.8 Å². The Morgan fingerprint density at radius 1 is 1.10 bits per heavy atom. The van der Waals surface area contributed by atoms with Gasteiger partial charge in [-0.3, -0.25) is 4.79 Å². The minimum Gasteiger partial charge on any atom is -1.00 e. The molecule has 1 amide bonds. The van der Waals surface area contributed by atoms with Crippen molar-refractivity contribution >= 4 is 11.6 Å². The highest BCUT2D eigenvalue weighted by molar-refractivity contribution is 5.99. The van der Waals surface area contributed by atoms with Crippen LogP contribution in [-0.2, 0) is 11.3 Å². The topological polar surface area (TPSA) is 45.3 Å². The van der Waals surface area contributed by atoms with Crippen LogP contribution in [0.5, 0.6) is 0 Å². The van der Waals surface area contributed by atoms with E-state index >= 15 is 0 Å². The number of hydrazone groups is 1. The Balaban J connectivity index is 0.00000200. The van der Waals surface area contributed by atoms with Gasteiger partial charge in [-0.1, -0.05) is 36.4 Å². The van der Waals surface area contributed by atoms with Crippen LogP contribution in [0.3, 0.4) is 0 Å². The van der Waals surface area contributed by atoms with E-state index in [4.69, 9.17) is 0 Å². The van der Waals surface area contributed by atoms with Crippen LogP contribution in [0.25, 0.3) is 0 Å². The third kappa shape index (κ3) is 4.82. The normalized spacial score (nSPS) is 10.6. The van der Waals surface area contributed by atoms with Crippen LogP contribution < -0.4 is 22.4 Å². The minimum absolute atomic E-state index is 0. The molecule has 0 spiro atoms. The number of nitrogens with one attached hydrogen (secondary N) is 1. The van der Waals surface area contributed by atoms with Gasteiger partial charge in [-0.25, -0.2) is 5.43 Å². The zero-order valence-corrected chi connectivity index (χ0v) is 11.9. The average Bonchev–Trinajstić information content (AvgIpc) is 2.47. The van der Waals surface area contributed by atoms with E-state index < -0.39 is 0 Å². The van der Waals surface area contributed by atoms with E-state index in [2.05, 4.69) is 10.5 Å². The van der Waals surface area contributed by atoms with E-state index in [0.29, 0.717) is 0 Å². The summed E-state index contributed by atoms with van der Waals surface area (Å²) in [4.78, 5) is 11.7. The number of amides is 1. The molecule has 1 aromatic carbocycles. The fourth-order valence-electron chi connectivity index (χ4n) is 1.63. The van der Waals surface area contributed by atoms with E-state index in [1.54, 1.807) is 4.57 Å². The summed E-state index contributed by atoms with van der Waals surface area (Å²) in [7, 11) is 0. The minimum atomic E-state index is -0.147. The molecule has 1 aromatic heterocycles. The standard InChI is InChI=1S/C15H15N3O.ClH/c1-13(14-8-4-2-5-9-14)16-17-15(19)12-18-10-6-3-7-11-18;/h2-11H,12H2,1H3;1H/b16-13+;. The number of halogens is 1. The Hall–Kier alpha value is -2.20. The van der Waals surface area contributed by atoms with E-state index in [9.17, 15) is 4.79 Å². The van der Waals surface area contributed by atoms with Crippen molar-refractivity contribution in [3.8, 4) is 0 Å². The predicted octanol–water partition coefficient (Wildman–Crippen LogP) is -1.48. The molecule has 20 heavy (non-hydrogen) atoms. The molecule has 0 bridgehead atoms. The van der Waals surface area contributed by atoms with Crippen LogP contribution in [-0.4, -0.2) is 11.6 Å². The highest BCUT2D eigenvalue weighted by Crippen LogP contribution is 1.99. The van der Waals surface area contributed by atoms with Gasteiger partial charge in [0.15, 0.2) is 12.4 Å². The first-order valence-corrected chi connectivity index (χ1v) is 6.08. The smallest absolute Gasteiger partial charge is 0.305 e. The number of hydrogen-bond donors (Lipinski definition) is 1. The van der Waals surface area contributed by atoms with Crippen molar-refractivity contribution < 1.29 is 21.8 Å². The fourth-order valence-corrected chi connectivity index (χ4v) is 1.63. The zero-order chi connectivity index (χ0) is 13.5. The van der Waals surface area contributed by atoms with Crippen molar-refractivity contribution in [3.05, 3.63) is 66.5 Å². The second kappa shape index (κ2) is 8.07. The number of benzene rings is 1. The predicted molar refractivity (Wildman–Crippen MR) is 73.4 cm³/mol. The Morgan fingerprint density at radius 3 is 2.35 bits per heavy atom. The van der Waals surface area contributed by atoms with E-state index in [0.717, 1.165) is 11.3 Å². The molecular weight excluding hydrogens is 274 g/mol. The molecule has 0 radical (unpaired) electrons. The molecule has 0 atom stereocenters. The van der Waals surface area contributed by atoms with Gasteiger partial charge in [0.05, 0.1) is 5.71 Å². The first-order valence-electron chi connectivity index (χ1n) is 6.08. The molecule has 0 saturated carbocycles. The lowest BCUT2D eigenvalue weighted by Gasteiger charge is -2.01. The number of carbonyl (C=O) groups excluding carboxylic acids is 1. The molecule has 5 heteroatoms. The third-order valence-electron chi connectivity index (χ3n) is 2.64. The van der Waals surface area contributed by atoms with Gasteiger partial charge < -0.3 is 12.4 Å². The van der Waals surface area contributed by atoms with Crippen LogP contribution in [0.1, 0.15) is 12.5 Å². The molecule has 2 rings (SSSR count). The highest BCUT2D eigenvalue weighted by atomic mass is 35.5. The van der Waals surface area contributed by atoms with Gasteiger partial charge in [-0.2, -0.15) is 9.67 Å². The molecule has 0 aliphatic carbocycles. The second-order valence-electron chi connectivity index (χ2n) is 4.15. The summed E-state index contributed by atoms with van der Waals surface area (Å²) in [5.41, 5.74) is 4.34. The Kier molecular flexibility index (Phi) is 6.40. The molecule has 1 N–H and O–H groups in total. The Labute approximate surface area is 124 Å². The summed E-state index contributed by atoms with van der Waals surface area (Å²) in [5.74, 6) is -0.147. The molecule has 104 valence electrons. The lowest BCUT2D eigenvalue weighted by Crippen LogP contribution is -3.00. The summed E-state index contributed by atoms with van der Waals surface area (Å²) in [6.07, 6.45) is 3.68. The van der Waals surface area contributed by atoms with Gasteiger partial charge in [-0.15, -0.1) is 0 Å². The first-order chi connectivity index (χ1) is 9.25. The molecule has 4 nitrogen and oxygen atoms in total. The van der Waals surface area contributed by atoms with Crippen molar-refractivity contribution in [1.82, 2.24) is 5.43 Å². The third-order valence-corrected chi connectivity index (χ3v) is 2.64. The summed E-state index contributed by atoms with van der Waals surface area (Å²) in [6.45, 7) is 2.12. The maximum atomic E-state index is 11.7. The molecule has 1 heterocycles. The van der Waals surface area contributed by atoms with Crippen LogP contribution in [0.15, 0.2) is 66.0 Å². The second-order valence-corrected chi connectivity index (χ2v) is 4.15. The van der Waals surface area contributed by atoms with Gasteiger partial charge in [0.2, 0.25) is 6.54 Å². The molecule has 0 aliphatic heterocycles. The summed E-state index contributed by atoms with van der Waals surface area (Å²) in [5, 5.41) is 4.09. The van der Waals surface area contributed by atoms with Crippen molar-refractivity contribution in [2.75, 3.05) is 0 Å². The lowest BCUT2D eigenvalue weighted by atomic mass is 10.1. The van der Waals surface area contributed by atoms with Gasteiger partial charge >= 0.3 is 5.91 Å². The van der Waals surface area contributed by atoms with Crippen molar-refractivity contribution in [2.45, 2.75) is 13.5 Å². The number of nitrogens with zero attached hydrogens (tertiary/aromatic N) is 2. The molecule has 0 unspecified atom stereocenters. The summed E-state index contributed by atoms with van der Waals surface area (Å²) in [6, 6.07) is 15.4. The number of aromatic nitrogens is 1. The van der Waals surface area contributed by atoms with E-state index in [1.165, 1.54) is 0 Å². The van der Waals surface area contributed by atoms with Crippen LogP contribution in [0.2, 0.25) is 0 Å². The SMILES string of the molecule is C/C(=N\NC(=O)C[n+]1ccccc1)c1ccccc1.[Cl-]. The Morgan fingerprint density at radius 2 is 1.70 bits per heavy atom. The van der Waals surface area contributed by atoms with Crippen molar-refractivity contribution in [2.24, 2.45) is 5.10 Å². The van der Waals surface area contributed by atoms with Crippen LogP contribution >= 0.6 is 0 Å². The van der Waals surface area contributed by atoms with Crippen LogP contribution in [0.4, 0.5) is 0 Å². The first kappa shape index (κ1) is 15.9. The molecule has 0 aliphatic rings. The molecular formula is C15H16ClN3O. The largest absolute Gasteiger partial charge is 1.00 e. The maximum Gasteiger partial charge on any atom is 0.305 e. The summed E-state index contributed by atoms with van der Waals surface area (Å²) < 4.78 is 1.79. The summed E-state index contributed by atoms with van der Waals surface area (Å²) >= 11 is 0. The van der Waals surface area contributed by atoms with Gasteiger partial charge in [-0.05, 0) is 12.5 Å². The highest BCUT2D eigenvalue weighted by Gasteiger charge is 2.07. The Bertz CT molecular complexity index is 570.